The summed E-state index contributed by atoms with van der Waals surface area (Å²) < 4.78 is 49.1. The van der Waals surface area contributed by atoms with Crippen LogP contribution in [0.4, 0.5) is 17.6 Å². The highest BCUT2D eigenvalue weighted by Crippen LogP contribution is 2.30. The van der Waals surface area contributed by atoms with Gasteiger partial charge in [-0.3, -0.25) is 5.10 Å². The quantitative estimate of drug-likeness (QED) is 0.749. The number of aromatic nitrogens is 2. The number of aromatic amines is 1. The molecule has 3 nitrogen and oxygen atoms in total. The van der Waals surface area contributed by atoms with Gasteiger partial charge in [-0.05, 0) is 19.0 Å². The molecule has 0 saturated heterocycles. The summed E-state index contributed by atoms with van der Waals surface area (Å²) in [6, 6.07) is 0.653. The van der Waals surface area contributed by atoms with Crippen LogP contribution in [-0.2, 0) is 6.18 Å². The average molecular weight is 211 g/mol. The number of nitrogens with two attached hydrogens (primary N) is 1. The summed E-state index contributed by atoms with van der Waals surface area (Å²) in [6.07, 6.45) is -6.10. The Morgan fingerprint density at radius 3 is 2.57 bits per heavy atom. The van der Waals surface area contributed by atoms with Gasteiger partial charge >= 0.3 is 6.18 Å². The van der Waals surface area contributed by atoms with Crippen molar-refractivity contribution in [3.63, 3.8) is 0 Å². The highest BCUT2D eigenvalue weighted by Gasteiger charge is 2.34. The van der Waals surface area contributed by atoms with E-state index < -0.39 is 18.0 Å². The number of nitrogens with zero attached hydrogens (tertiary/aromatic N) is 1. The minimum atomic E-state index is -4.54. The number of halogens is 4. The summed E-state index contributed by atoms with van der Waals surface area (Å²) in [6.45, 7) is 0.0710. The first-order valence-electron chi connectivity index (χ1n) is 3.91. The smallest absolute Gasteiger partial charge is 0.330 e. The summed E-state index contributed by atoms with van der Waals surface area (Å²) in [5, 5.41) is 4.96. The van der Waals surface area contributed by atoms with Gasteiger partial charge < -0.3 is 5.73 Å². The van der Waals surface area contributed by atoms with Gasteiger partial charge in [0.1, 0.15) is 6.17 Å². The normalized spacial score (nSPS) is 14.4. The van der Waals surface area contributed by atoms with Gasteiger partial charge in [0.15, 0.2) is 5.69 Å². The summed E-state index contributed by atoms with van der Waals surface area (Å²) in [7, 11) is 0. The summed E-state index contributed by atoms with van der Waals surface area (Å²) in [5.74, 6) is 0. The third-order valence-corrected chi connectivity index (χ3v) is 1.65. The second-order valence-electron chi connectivity index (χ2n) is 2.75. The lowest BCUT2D eigenvalue weighted by molar-refractivity contribution is -0.141. The van der Waals surface area contributed by atoms with Crippen LogP contribution in [0.25, 0.3) is 0 Å². The maximum absolute atomic E-state index is 13.0. The Morgan fingerprint density at radius 2 is 2.14 bits per heavy atom. The first kappa shape index (κ1) is 11.0. The zero-order chi connectivity index (χ0) is 10.8. The van der Waals surface area contributed by atoms with E-state index in [2.05, 4.69) is 5.10 Å². The Kier molecular flexibility index (Phi) is 3.10. The highest BCUT2D eigenvalue weighted by molar-refractivity contribution is 5.13. The zero-order valence-electron chi connectivity index (χ0n) is 7.11. The lowest BCUT2D eigenvalue weighted by Gasteiger charge is -2.02. The summed E-state index contributed by atoms with van der Waals surface area (Å²) in [5.41, 5.74) is 3.75. The molecule has 3 N–H and O–H groups in total. The summed E-state index contributed by atoms with van der Waals surface area (Å²) in [4.78, 5) is 0. The molecular weight excluding hydrogens is 202 g/mol. The van der Waals surface area contributed by atoms with Gasteiger partial charge in [-0.25, -0.2) is 4.39 Å². The third kappa shape index (κ3) is 2.44. The molecule has 1 heterocycles. The van der Waals surface area contributed by atoms with Gasteiger partial charge in [0.2, 0.25) is 0 Å². The van der Waals surface area contributed by atoms with Crippen LogP contribution in [0.2, 0.25) is 0 Å². The maximum atomic E-state index is 13.0. The van der Waals surface area contributed by atoms with Crippen molar-refractivity contribution >= 4 is 0 Å². The number of hydrogen-bond donors (Lipinski definition) is 2. The predicted octanol–water partition coefficient (Wildman–Crippen LogP) is 1.79. The van der Waals surface area contributed by atoms with Crippen molar-refractivity contribution < 1.29 is 17.6 Å². The Hall–Kier alpha value is -1.11. The molecule has 1 aromatic rings. The molecule has 0 amide bonds. The average Bonchev–Trinajstić information content (AvgIpc) is 2.51. The van der Waals surface area contributed by atoms with E-state index in [1.165, 1.54) is 0 Å². The fourth-order valence-electron chi connectivity index (χ4n) is 0.944. The molecule has 1 aromatic heterocycles. The van der Waals surface area contributed by atoms with E-state index in [0.29, 0.717) is 6.07 Å². The molecular formula is C7H9F4N3. The molecule has 0 aliphatic heterocycles. The number of hydrogen-bond acceptors (Lipinski definition) is 2. The van der Waals surface area contributed by atoms with Crippen molar-refractivity contribution in [1.29, 1.82) is 0 Å². The van der Waals surface area contributed by atoms with E-state index >= 15 is 0 Å². The number of H-pyrrole nitrogens is 1. The van der Waals surface area contributed by atoms with Gasteiger partial charge in [0.25, 0.3) is 0 Å². The van der Waals surface area contributed by atoms with E-state index in [4.69, 9.17) is 5.73 Å². The van der Waals surface area contributed by atoms with E-state index in [1.54, 1.807) is 0 Å². The van der Waals surface area contributed by atoms with E-state index in [9.17, 15) is 17.6 Å². The summed E-state index contributed by atoms with van der Waals surface area (Å²) >= 11 is 0. The molecule has 80 valence electrons. The first-order valence-corrected chi connectivity index (χ1v) is 3.91. The molecule has 0 fully saturated rings. The molecule has 1 unspecified atom stereocenters. The monoisotopic (exact) mass is 211 g/mol. The van der Waals surface area contributed by atoms with Crippen molar-refractivity contribution in [3.05, 3.63) is 17.5 Å². The SMILES string of the molecule is NCCC(F)c1cc(C(F)(F)F)n[nH]1. The van der Waals surface area contributed by atoms with Gasteiger partial charge in [0.05, 0.1) is 5.69 Å². The minimum absolute atomic E-state index is 0.0283. The van der Waals surface area contributed by atoms with Gasteiger partial charge in [-0.1, -0.05) is 0 Å². The molecule has 1 atom stereocenters. The van der Waals surface area contributed by atoms with Crippen LogP contribution in [0.1, 0.15) is 24.0 Å². The molecule has 0 aromatic carbocycles. The first-order chi connectivity index (χ1) is 6.45. The van der Waals surface area contributed by atoms with E-state index in [0.717, 1.165) is 0 Å². The van der Waals surface area contributed by atoms with Crippen LogP contribution in [0.15, 0.2) is 6.07 Å². The second kappa shape index (κ2) is 3.95. The van der Waals surface area contributed by atoms with Gasteiger partial charge in [-0.2, -0.15) is 18.3 Å². The van der Waals surface area contributed by atoms with Crippen molar-refractivity contribution in [2.75, 3.05) is 6.54 Å². The van der Waals surface area contributed by atoms with Crippen LogP contribution in [0.3, 0.4) is 0 Å². The molecule has 0 spiro atoms. The Bertz CT molecular complexity index is 293. The third-order valence-electron chi connectivity index (χ3n) is 1.65. The van der Waals surface area contributed by atoms with Crippen molar-refractivity contribution in [2.45, 2.75) is 18.8 Å². The largest absolute Gasteiger partial charge is 0.435 e. The molecule has 0 saturated carbocycles. The van der Waals surface area contributed by atoms with Crippen LogP contribution >= 0.6 is 0 Å². The van der Waals surface area contributed by atoms with Crippen molar-refractivity contribution in [1.82, 2.24) is 10.2 Å². The minimum Gasteiger partial charge on any atom is -0.330 e. The standard InChI is InChI=1S/C7H9F4N3/c8-4(1-2-12)5-3-6(14-13-5)7(9,10)11/h3-4H,1-2,12H2,(H,13,14). The van der Waals surface area contributed by atoms with Crippen LogP contribution in [0.5, 0.6) is 0 Å². The molecule has 1 rings (SSSR count). The number of alkyl halides is 4. The zero-order valence-corrected chi connectivity index (χ0v) is 7.11. The van der Waals surface area contributed by atoms with Gasteiger partial charge in [-0.15, -0.1) is 0 Å². The number of rotatable bonds is 3. The molecule has 14 heavy (non-hydrogen) atoms. The molecule has 0 radical (unpaired) electrons. The Morgan fingerprint density at radius 1 is 1.50 bits per heavy atom. The molecule has 7 heteroatoms. The molecule has 0 aliphatic rings. The van der Waals surface area contributed by atoms with E-state index in [-0.39, 0.29) is 18.7 Å². The van der Waals surface area contributed by atoms with Gasteiger partial charge in [0, 0.05) is 0 Å². The van der Waals surface area contributed by atoms with Crippen LogP contribution in [0, 0.1) is 0 Å². The topological polar surface area (TPSA) is 54.7 Å². The molecule has 0 bridgehead atoms. The highest BCUT2D eigenvalue weighted by atomic mass is 19.4. The van der Waals surface area contributed by atoms with Crippen molar-refractivity contribution in [2.24, 2.45) is 5.73 Å². The number of nitrogens with one attached hydrogen (secondary N) is 1. The van der Waals surface area contributed by atoms with Crippen molar-refractivity contribution in [3.8, 4) is 0 Å². The van der Waals surface area contributed by atoms with E-state index in [1.807, 2.05) is 5.10 Å². The molecule has 0 aliphatic carbocycles. The maximum Gasteiger partial charge on any atom is 0.435 e. The predicted molar refractivity (Wildman–Crippen MR) is 41.1 cm³/mol. The second-order valence-corrected chi connectivity index (χ2v) is 2.75. The fourth-order valence-corrected chi connectivity index (χ4v) is 0.944. The lowest BCUT2D eigenvalue weighted by Crippen LogP contribution is -2.05. The van der Waals surface area contributed by atoms with Crippen LogP contribution in [-0.4, -0.2) is 16.7 Å². The fraction of sp³-hybridized carbons (Fsp3) is 0.571. The lowest BCUT2D eigenvalue weighted by atomic mass is 10.2. The van der Waals surface area contributed by atoms with Crippen LogP contribution < -0.4 is 5.73 Å². The Labute approximate surface area is 77.3 Å². The Balaban J connectivity index is 2.78.